The molecule has 0 saturated heterocycles. The number of methoxy groups -OCH3 is 1. The summed E-state index contributed by atoms with van der Waals surface area (Å²) in [6.07, 6.45) is 7.59. The van der Waals surface area contributed by atoms with Crippen LogP contribution >= 0.6 is 0 Å². The lowest BCUT2D eigenvalue weighted by molar-refractivity contribution is -0.159. The molecule has 102 valence electrons. The fourth-order valence-electron chi connectivity index (χ4n) is 3.85. The maximum atomic E-state index is 12.6. The van der Waals surface area contributed by atoms with Gasteiger partial charge in [0.15, 0.2) is 0 Å². The highest BCUT2D eigenvalue weighted by atomic mass is 16.5. The molecule has 0 aromatic carbocycles. The average molecular weight is 260 g/mol. The van der Waals surface area contributed by atoms with Gasteiger partial charge in [0.2, 0.25) is 0 Å². The number of fused-ring (bicyclic) bond motifs is 2. The Labute approximate surface area is 113 Å². The minimum Gasteiger partial charge on any atom is -0.468 e. The minimum atomic E-state index is -0.517. The Morgan fingerprint density at radius 3 is 2.95 bits per heavy atom. The van der Waals surface area contributed by atoms with Crippen molar-refractivity contribution >= 4 is 12.0 Å². The van der Waals surface area contributed by atoms with Gasteiger partial charge in [0.05, 0.1) is 18.8 Å². The van der Waals surface area contributed by atoms with E-state index in [4.69, 9.17) is 9.15 Å². The molecule has 1 aromatic rings. The summed E-state index contributed by atoms with van der Waals surface area (Å²) in [7, 11) is 1.49. The van der Waals surface area contributed by atoms with Crippen molar-refractivity contribution in [1.82, 2.24) is 0 Å². The molecule has 1 heterocycles. The number of esters is 1. The summed E-state index contributed by atoms with van der Waals surface area (Å²) in [5.74, 6) is 0.808. The zero-order valence-electron chi connectivity index (χ0n) is 11.8. The maximum Gasteiger partial charge on any atom is 0.316 e. The molecule has 3 heteroatoms. The van der Waals surface area contributed by atoms with Crippen LogP contribution in [0.5, 0.6) is 0 Å². The molecule has 1 atom stereocenters. The SMILES string of the molecule is COC(=O)C12Cc3ccoc3C=C1CCCC2(C)C. The predicted molar refractivity (Wildman–Crippen MR) is 72.5 cm³/mol. The molecule has 3 nitrogen and oxygen atoms in total. The van der Waals surface area contributed by atoms with Crippen molar-refractivity contribution in [2.75, 3.05) is 7.11 Å². The molecule has 0 aliphatic heterocycles. The molecular formula is C16H20O3. The summed E-state index contributed by atoms with van der Waals surface area (Å²) < 4.78 is 10.7. The first-order valence-electron chi connectivity index (χ1n) is 6.87. The second kappa shape index (κ2) is 3.99. The third-order valence-corrected chi connectivity index (χ3v) is 5.03. The molecule has 2 aliphatic rings. The molecule has 0 N–H and O–H groups in total. The van der Waals surface area contributed by atoms with Gasteiger partial charge in [0.25, 0.3) is 0 Å². The normalized spacial score (nSPS) is 28.1. The summed E-state index contributed by atoms with van der Waals surface area (Å²) in [6, 6.07) is 1.97. The van der Waals surface area contributed by atoms with Crippen molar-refractivity contribution in [2.24, 2.45) is 10.8 Å². The Morgan fingerprint density at radius 1 is 1.42 bits per heavy atom. The van der Waals surface area contributed by atoms with Crippen molar-refractivity contribution < 1.29 is 13.9 Å². The van der Waals surface area contributed by atoms with Crippen molar-refractivity contribution in [1.29, 1.82) is 0 Å². The third kappa shape index (κ3) is 1.54. The predicted octanol–water partition coefficient (Wildman–Crippen LogP) is 3.59. The van der Waals surface area contributed by atoms with E-state index in [-0.39, 0.29) is 11.4 Å². The Hall–Kier alpha value is -1.51. The van der Waals surface area contributed by atoms with Gasteiger partial charge in [-0.25, -0.2) is 0 Å². The van der Waals surface area contributed by atoms with E-state index >= 15 is 0 Å². The van der Waals surface area contributed by atoms with Crippen molar-refractivity contribution in [3.05, 3.63) is 29.2 Å². The number of carbonyl (C=O) groups excluding carboxylic acids is 1. The van der Waals surface area contributed by atoms with Crippen molar-refractivity contribution in [3.63, 3.8) is 0 Å². The lowest BCUT2D eigenvalue weighted by atomic mass is 9.52. The summed E-state index contributed by atoms with van der Waals surface area (Å²) in [5, 5.41) is 0. The maximum absolute atomic E-state index is 12.6. The largest absolute Gasteiger partial charge is 0.468 e. The van der Waals surface area contributed by atoms with E-state index in [2.05, 4.69) is 19.9 Å². The zero-order chi connectivity index (χ0) is 13.7. The van der Waals surface area contributed by atoms with Gasteiger partial charge in [0, 0.05) is 0 Å². The first kappa shape index (κ1) is 12.5. The van der Waals surface area contributed by atoms with E-state index in [9.17, 15) is 4.79 Å². The Kier molecular flexibility index (Phi) is 2.63. The second-order valence-corrected chi connectivity index (χ2v) is 6.29. The molecule has 3 rings (SSSR count). The van der Waals surface area contributed by atoms with E-state index in [0.29, 0.717) is 6.42 Å². The van der Waals surface area contributed by atoms with Crippen LogP contribution in [0.4, 0.5) is 0 Å². The van der Waals surface area contributed by atoms with E-state index < -0.39 is 5.41 Å². The molecule has 0 radical (unpaired) electrons. The van der Waals surface area contributed by atoms with Crippen LogP contribution in [0, 0.1) is 10.8 Å². The molecule has 2 aliphatic carbocycles. The number of hydrogen-bond acceptors (Lipinski definition) is 3. The van der Waals surface area contributed by atoms with Gasteiger partial charge in [-0.2, -0.15) is 0 Å². The van der Waals surface area contributed by atoms with Gasteiger partial charge in [-0.15, -0.1) is 0 Å². The third-order valence-electron chi connectivity index (χ3n) is 5.03. The van der Waals surface area contributed by atoms with Gasteiger partial charge in [0.1, 0.15) is 5.76 Å². The molecule has 1 aromatic heterocycles. The summed E-state index contributed by atoms with van der Waals surface area (Å²) in [5.41, 5.74) is 1.69. The van der Waals surface area contributed by atoms with E-state index in [1.165, 1.54) is 12.7 Å². The molecular weight excluding hydrogens is 240 g/mol. The first-order valence-corrected chi connectivity index (χ1v) is 6.87. The summed E-state index contributed by atoms with van der Waals surface area (Å²) in [4.78, 5) is 12.6. The molecule has 0 bridgehead atoms. The second-order valence-electron chi connectivity index (χ2n) is 6.29. The van der Waals surface area contributed by atoms with Crippen LogP contribution in [-0.4, -0.2) is 13.1 Å². The van der Waals surface area contributed by atoms with Gasteiger partial charge < -0.3 is 9.15 Å². The van der Waals surface area contributed by atoms with Crippen molar-refractivity contribution in [2.45, 2.75) is 39.5 Å². The monoisotopic (exact) mass is 260 g/mol. The van der Waals surface area contributed by atoms with Crippen LogP contribution in [0.3, 0.4) is 0 Å². The van der Waals surface area contributed by atoms with Gasteiger partial charge in [-0.1, -0.05) is 13.8 Å². The van der Waals surface area contributed by atoms with Crippen LogP contribution in [-0.2, 0) is 16.0 Å². The van der Waals surface area contributed by atoms with Crippen LogP contribution in [0.15, 0.2) is 22.3 Å². The highest BCUT2D eigenvalue weighted by Crippen LogP contribution is 2.58. The molecule has 1 unspecified atom stereocenters. The van der Waals surface area contributed by atoms with Crippen molar-refractivity contribution in [3.8, 4) is 0 Å². The Balaban J connectivity index is 2.20. The van der Waals surface area contributed by atoms with E-state index in [1.807, 2.05) is 6.07 Å². The van der Waals surface area contributed by atoms with Crippen LogP contribution < -0.4 is 0 Å². The number of carbonyl (C=O) groups is 1. The number of ether oxygens (including phenoxy) is 1. The van der Waals surface area contributed by atoms with Crippen LogP contribution in [0.25, 0.3) is 6.08 Å². The van der Waals surface area contributed by atoms with Gasteiger partial charge in [-0.05, 0) is 54.4 Å². The molecule has 1 fully saturated rings. The molecule has 0 amide bonds. The highest BCUT2D eigenvalue weighted by Gasteiger charge is 2.57. The quantitative estimate of drug-likeness (QED) is 0.724. The lowest BCUT2D eigenvalue weighted by Gasteiger charge is -2.50. The fraction of sp³-hybridized carbons (Fsp3) is 0.562. The number of rotatable bonds is 1. The topological polar surface area (TPSA) is 39.4 Å². The Morgan fingerprint density at radius 2 is 2.21 bits per heavy atom. The van der Waals surface area contributed by atoms with Crippen LogP contribution in [0.2, 0.25) is 0 Å². The smallest absolute Gasteiger partial charge is 0.316 e. The van der Waals surface area contributed by atoms with Gasteiger partial charge >= 0.3 is 5.97 Å². The molecule has 19 heavy (non-hydrogen) atoms. The van der Waals surface area contributed by atoms with Crippen LogP contribution in [0.1, 0.15) is 44.4 Å². The Bertz CT molecular complexity index is 550. The van der Waals surface area contributed by atoms with E-state index in [0.717, 1.165) is 30.6 Å². The minimum absolute atomic E-state index is 0.0842. The molecule has 0 spiro atoms. The summed E-state index contributed by atoms with van der Waals surface area (Å²) >= 11 is 0. The number of furan rings is 1. The standard InChI is InChI=1S/C16H20O3/c1-15(2)7-4-5-12-9-13-11(6-8-19-13)10-16(12,15)14(17)18-3/h6,8-9H,4-5,7,10H2,1-3H3. The molecule has 1 saturated carbocycles. The highest BCUT2D eigenvalue weighted by molar-refractivity contribution is 5.86. The fourth-order valence-corrected chi connectivity index (χ4v) is 3.85. The summed E-state index contributed by atoms with van der Waals surface area (Å²) in [6.45, 7) is 4.37. The van der Waals surface area contributed by atoms with Gasteiger partial charge in [-0.3, -0.25) is 4.79 Å². The first-order chi connectivity index (χ1) is 9.01. The zero-order valence-corrected chi connectivity index (χ0v) is 11.8. The average Bonchev–Trinajstić information content (AvgIpc) is 2.82. The lowest BCUT2D eigenvalue weighted by Crippen LogP contribution is -2.51. The number of hydrogen-bond donors (Lipinski definition) is 0. The van der Waals surface area contributed by atoms with E-state index in [1.54, 1.807) is 6.26 Å².